The maximum Gasteiger partial charge on any atom is 0.471 e. The van der Waals surface area contributed by atoms with Gasteiger partial charge in [-0.05, 0) is 26.1 Å². The van der Waals surface area contributed by atoms with E-state index in [9.17, 15) is 27.9 Å². The second-order valence-corrected chi connectivity index (χ2v) is 7.20. The number of fused-ring (bicyclic) bond motifs is 1. The lowest BCUT2D eigenvalue weighted by Gasteiger charge is -2.25. The van der Waals surface area contributed by atoms with Crippen LogP contribution in [0.2, 0.25) is 0 Å². The third-order valence-electron chi connectivity index (χ3n) is 4.32. The number of carbonyl (C=O) groups excluding carboxylic acids is 1. The number of aliphatic hydroxyl groups excluding tert-OH is 1. The van der Waals surface area contributed by atoms with Gasteiger partial charge in [0.25, 0.3) is 5.56 Å². The summed E-state index contributed by atoms with van der Waals surface area (Å²) in [6.07, 6.45) is -6.79. The smallest absolute Gasteiger partial charge is 0.394 e. The number of alkyl halides is 3. The van der Waals surface area contributed by atoms with Crippen molar-refractivity contribution in [2.24, 2.45) is 0 Å². The molecule has 0 radical (unpaired) electrons. The molecule has 13 heteroatoms. The van der Waals surface area contributed by atoms with Gasteiger partial charge >= 0.3 is 12.1 Å². The van der Waals surface area contributed by atoms with Crippen LogP contribution in [0.15, 0.2) is 11.0 Å². The van der Waals surface area contributed by atoms with Crippen LogP contribution in [-0.4, -0.2) is 57.4 Å². The third kappa shape index (κ3) is 3.98. The van der Waals surface area contributed by atoms with E-state index in [0.717, 1.165) is 0 Å². The van der Waals surface area contributed by atoms with Crippen LogP contribution in [0.3, 0.4) is 0 Å². The monoisotopic (exact) mass is 425 g/mol. The molecular weight excluding hydrogens is 407 g/mol. The molecule has 1 amide bonds. The molecular formula is C15H18F3N3O6S. The van der Waals surface area contributed by atoms with Crippen LogP contribution in [0, 0.1) is 4.77 Å². The number of hydrogen-bond acceptors (Lipinski definition) is 7. The number of nitrogens with zero attached hydrogens (tertiary/aromatic N) is 1. The molecule has 1 unspecified atom stereocenters. The fourth-order valence-corrected chi connectivity index (χ4v) is 3.40. The Kier molecular flexibility index (Phi) is 5.40. The molecule has 3 N–H and O–H groups in total. The normalized spacial score (nSPS) is 28.9. The summed E-state index contributed by atoms with van der Waals surface area (Å²) in [6, 6.07) is 0. The molecule has 2 saturated heterocycles. The van der Waals surface area contributed by atoms with Gasteiger partial charge in [-0.25, -0.2) is 0 Å². The van der Waals surface area contributed by atoms with E-state index in [4.69, 9.17) is 26.4 Å². The van der Waals surface area contributed by atoms with Crippen LogP contribution in [0.1, 0.15) is 25.6 Å². The molecule has 3 heterocycles. The highest BCUT2D eigenvalue weighted by Gasteiger charge is 2.55. The fourth-order valence-electron chi connectivity index (χ4n) is 3.15. The Balaban J connectivity index is 1.89. The van der Waals surface area contributed by atoms with Gasteiger partial charge in [0, 0.05) is 12.7 Å². The van der Waals surface area contributed by atoms with Gasteiger partial charge in [-0.2, -0.15) is 13.2 Å². The van der Waals surface area contributed by atoms with Gasteiger partial charge in [0.05, 0.1) is 12.2 Å². The molecule has 9 nitrogen and oxygen atoms in total. The average Bonchev–Trinajstić information content (AvgIpc) is 3.06. The van der Waals surface area contributed by atoms with E-state index in [-0.39, 0.29) is 16.9 Å². The Bertz CT molecular complexity index is 883. The lowest BCUT2D eigenvalue weighted by atomic mass is 10.1. The van der Waals surface area contributed by atoms with E-state index in [1.54, 1.807) is 19.2 Å². The van der Waals surface area contributed by atoms with Gasteiger partial charge in [0.1, 0.15) is 18.3 Å². The van der Waals surface area contributed by atoms with Gasteiger partial charge in [-0.1, -0.05) is 0 Å². The van der Waals surface area contributed by atoms with Crippen LogP contribution in [0.25, 0.3) is 0 Å². The number of aliphatic hydroxyl groups is 1. The Hall–Kier alpha value is -1.80. The van der Waals surface area contributed by atoms with Gasteiger partial charge in [0.2, 0.25) is 0 Å². The van der Waals surface area contributed by atoms with Gasteiger partial charge in [-0.15, -0.1) is 0 Å². The first kappa shape index (κ1) is 20.9. The van der Waals surface area contributed by atoms with E-state index in [1.165, 1.54) is 10.8 Å². The summed E-state index contributed by atoms with van der Waals surface area (Å²) in [4.78, 5) is 25.3. The standard InChI is InChI=1S/C15H18F3N3O6S/c1-14(2)26-8-7(5-22)25-11(9(8)27-14)21-4-6(10(23)20-13(21)28)3-19-12(24)15(16,17)18/h4,7-9,11,22H,3,5H2,1-2H3,(H,19,24)(H,20,23,28)/t7-,8?,9+,11-/m1/s1. The molecule has 0 bridgehead atoms. The molecule has 4 atom stereocenters. The van der Waals surface area contributed by atoms with Crippen LogP contribution >= 0.6 is 12.2 Å². The number of amides is 1. The van der Waals surface area contributed by atoms with Gasteiger partial charge < -0.3 is 24.6 Å². The number of carbonyl (C=O) groups is 1. The molecule has 0 aliphatic carbocycles. The Morgan fingerprint density at radius 3 is 2.64 bits per heavy atom. The van der Waals surface area contributed by atoms with Crippen molar-refractivity contribution in [3.8, 4) is 0 Å². The fraction of sp³-hybridized carbons (Fsp3) is 0.667. The highest BCUT2D eigenvalue weighted by atomic mass is 32.1. The molecule has 0 spiro atoms. The number of hydrogen-bond donors (Lipinski definition) is 3. The summed E-state index contributed by atoms with van der Waals surface area (Å²) >= 11 is 5.12. The molecule has 0 aromatic carbocycles. The maximum atomic E-state index is 12.3. The first-order valence-corrected chi connectivity index (χ1v) is 8.65. The first-order chi connectivity index (χ1) is 12.9. The minimum atomic E-state index is -5.07. The van der Waals surface area contributed by atoms with Crippen molar-refractivity contribution < 1.29 is 37.3 Å². The topological polar surface area (TPSA) is 115 Å². The van der Waals surface area contributed by atoms with Crippen molar-refractivity contribution >= 4 is 18.1 Å². The number of aromatic amines is 1. The SMILES string of the molecule is CC1(C)OC2[C@@H](CO)O[C@@H](n3cc(CNC(=O)C(F)(F)F)c(=O)[nH]c3=S)[C@H]2O1. The largest absolute Gasteiger partial charge is 0.471 e. The molecule has 2 aliphatic heterocycles. The van der Waals surface area contributed by atoms with E-state index in [1.807, 2.05) is 0 Å². The number of rotatable bonds is 4. The van der Waals surface area contributed by atoms with Crippen LogP contribution in [-0.2, 0) is 25.5 Å². The zero-order valence-corrected chi connectivity index (χ0v) is 15.6. The molecule has 0 saturated carbocycles. The van der Waals surface area contributed by atoms with Crippen molar-refractivity contribution in [2.75, 3.05) is 6.61 Å². The number of ether oxygens (including phenoxy) is 3. The highest BCUT2D eigenvalue weighted by molar-refractivity contribution is 7.71. The molecule has 3 rings (SSSR count). The molecule has 1 aromatic rings. The van der Waals surface area contributed by atoms with E-state index < -0.39 is 54.5 Å². The van der Waals surface area contributed by atoms with Gasteiger partial charge in [-0.3, -0.25) is 19.1 Å². The molecule has 2 aliphatic rings. The van der Waals surface area contributed by atoms with Crippen LogP contribution in [0.5, 0.6) is 0 Å². The lowest BCUT2D eigenvalue weighted by Crippen LogP contribution is -2.38. The van der Waals surface area contributed by atoms with Crippen LogP contribution < -0.4 is 10.9 Å². The first-order valence-electron chi connectivity index (χ1n) is 8.24. The van der Waals surface area contributed by atoms with Crippen molar-refractivity contribution in [3.05, 3.63) is 26.9 Å². The van der Waals surface area contributed by atoms with E-state index >= 15 is 0 Å². The molecule has 1 aromatic heterocycles. The summed E-state index contributed by atoms with van der Waals surface area (Å²) < 4.78 is 55.5. The average molecular weight is 425 g/mol. The van der Waals surface area contributed by atoms with Gasteiger partial charge in [0.15, 0.2) is 16.8 Å². The Morgan fingerprint density at radius 2 is 2.04 bits per heavy atom. The zero-order chi connectivity index (χ0) is 20.9. The Morgan fingerprint density at radius 1 is 1.39 bits per heavy atom. The lowest BCUT2D eigenvalue weighted by molar-refractivity contribution is -0.200. The molecule has 28 heavy (non-hydrogen) atoms. The second kappa shape index (κ2) is 7.22. The predicted molar refractivity (Wildman–Crippen MR) is 88.6 cm³/mol. The maximum absolute atomic E-state index is 12.3. The number of nitrogens with one attached hydrogen (secondary N) is 2. The van der Waals surface area contributed by atoms with Crippen molar-refractivity contribution in [1.29, 1.82) is 0 Å². The van der Waals surface area contributed by atoms with E-state index in [2.05, 4.69) is 4.98 Å². The summed E-state index contributed by atoms with van der Waals surface area (Å²) in [5, 5.41) is 11.2. The van der Waals surface area contributed by atoms with Crippen LogP contribution in [0.4, 0.5) is 13.2 Å². The summed E-state index contributed by atoms with van der Waals surface area (Å²) in [5.41, 5.74) is -0.919. The van der Waals surface area contributed by atoms with Crippen molar-refractivity contribution in [1.82, 2.24) is 14.9 Å². The summed E-state index contributed by atoms with van der Waals surface area (Å²) in [7, 11) is 0. The summed E-state index contributed by atoms with van der Waals surface area (Å²) in [6.45, 7) is 2.33. The predicted octanol–water partition coefficient (Wildman–Crippen LogP) is 0.494. The minimum absolute atomic E-state index is 0.0634. The number of H-pyrrole nitrogens is 1. The zero-order valence-electron chi connectivity index (χ0n) is 14.8. The van der Waals surface area contributed by atoms with E-state index in [0.29, 0.717) is 0 Å². The third-order valence-corrected chi connectivity index (χ3v) is 4.63. The minimum Gasteiger partial charge on any atom is -0.394 e. The highest BCUT2D eigenvalue weighted by Crippen LogP contribution is 2.42. The summed E-state index contributed by atoms with van der Waals surface area (Å²) in [5.74, 6) is -3.12. The van der Waals surface area contributed by atoms with Crippen molar-refractivity contribution in [3.63, 3.8) is 0 Å². The molecule has 2 fully saturated rings. The second-order valence-electron chi connectivity index (χ2n) is 6.81. The van der Waals surface area contributed by atoms with Crippen molar-refractivity contribution in [2.45, 2.75) is 56.9 Å². The number of aromatic nitrogens is 2. The quantitative estimate of drug-likeness (QED) is 0.602. The number of halogens is 3. The Labute approximate surface area is 161 Å². The molecule has 156 valence electrons.